The molecule has 0 radical (unpaired) electrons. The van der Waals surface area contributed by atoms with Crippen molar-refractivity contribution in [2.75, 3.05) is 37.1 Å². The number of rotatable bonds is 6. The Morgan fingerprint density at radius 2 is 2.06 bits per heavy atom. The van der Waals surface area contributed by atoms with E-state index in [0.29, 0.717) is 37.4 Å². The Hall–Kier alpha value is -2.71. The number of amides is 2. The van der Waals surface area contributed by atoms with Crippen molar-refractivity contribution in [3.05, 3.63) is 53.0 Å². The molecule has 2 aliphatic rings. The number of carbonyl (C=O) groups is 2. The molecule has 0 unspecified atom stereocenters. The number of nitrogens with zero attached hydrogens (tertiary/aromatic N) is 2. The molecule has 170 valence electrons. The summed E-state index contributed by atoms with van der Waals surface area (Å²) in [7, 11) is 0. The van der Waals surface area contributed by atoms with Crippen molar-refractivity contribution >= 4 is 29.1 Å². The van der Waals surface area contributed by atoms with Gasteiger partial charge >= 0.3 is 0 Å². The fourth-order valence-electron chi connectivity index (χ4n) is 3.98. The summed E-state index contributed by atoms with van der Waals surface area (Å²) in [5.41, 5.74) is 2.12. The zero-order valence-corrected chi connectivity index (χ0v) is 18.5. The SMILES string of the molecule is C[C@H]1COc2nc(C(=O)NC[C@@H]3CCOC3)c(Cc3ccc(F)cc3)cc2N1C(=O)CCl. The van der Waals surface area contributed by atoms with Gasteiger partial charge in [-0.25, -0.2) is 9.37 Å². The van der Waals surface area contributed by atoms with E-state index in [1.807, 2.05) is 6.92 Å². The second-order valence-corrected chi connectivity index (χ2v) is 8.39. The first-order chi connectivity index (χ1) is 15.5. The van der Waals surface area contributed by atoms with E-state index in [-0.39, 0.29) is 53.7 Å². The Morgan fingerprint density at radius 1 is 1.28 bits per heavy atom. The van der Waals surface area contributed by atoms with Crippen molar-refractivity contribution in [1.29, 1.82) is 0 Å². The van der Waals surface area contributed by atoms with Gasteiger partial charge in [-0.2, -0.15) is 0 Å². The van der Waals surface area contributed by atoms with Gasteiger partial charge in [0.1, 0.15) is 29.7 Å². The van der Waals surface area contributed by atoms with E-state index in [1.54, 1.807) is 23.1 Å². The standard InChI is InChI=1S/C23H25ClFN3O4/c1-14-12-32-23-19(28(14)20(29)10-24)9-17(8-15-2-4-18(25)5-3-15)21(27-23)22(30)26-11-16-6-7-31-13-16/h2-5,9,14,16H,6-8,10-13H2,1H3,(H,26,30)/t14-,16-/m0/s1. The molecule has 0 spiro atoms. The monoisotopic (exact) mass is 461 g/mol. The lowest BCUT2D eigenvalue weighted by Crippen LogP contribution is -2.46. The number of carbonyl (C=O) groups excluding carboxylic acids is 2. The van der Waals surface area contributed by atoms with Crippen molar-refractivity contribution in [1.82, 2.24) is 10.3 Å². The van der Waals surface area contributed by atoms with Crippen LogP contribution in [0.15, 0.2) is 30.3 Å². The van der Waals surface area contributed by atoms with Gasteiger partial charge in [0.2, 0.25) is 11.8 Å². The second kappa shape index (κ2) is 9.83. The number of hydrogen-bond acceptors (Lipinski definition) is 5. The number of ether oxygens (including phenoxy) is 2. The normalized spacial score (nSPS) is 19.9. The Bertz CT molecular complexity index is 995. The molecule has 1 aromatic heterocycles. The van der Waals surface area contributed by atoms with Gasteiger partial charge in [0.25, 0.3) is 5.91 Å². The van der Waals surface area contributed by atoms with Crippen molar-refractivity contribution in [2.45, 2.75) is 25.8 Å². The van der Waals surface area contributed by atoms with Crippen LogP contribution in [-0.4, -0.2) is 55.1 Å². The van der Waals surface area contributed by atoms with Crippen molar-refractivity contribution in [3.63, 3.8) is 0 Å². The average molecular weight is 462 g/mol. The summed E-state index contributed by atoms with van der Waals surface area (Å²) in [4.78, 5) is 31.6. The average Bonchev–Trinajstić information content (AvgIpc) is 3.32. The summed E-state index contributed by atoms with van der Waals surface area (Å²) in [6.07, 6.45) is 1.24. The number of hydrogen-bond donors (Lipinski definition) is 1. The third-order valence-corrected chi connectivity index (χ3v) is 5.92. The third kappa shape index (κ3) is 4.86. The largest absolute Gasteiger partial charge is 0.474 e. The highest BCUT2D eigenvalue weighted by molar-refractivity contribution is 6.29. The number of anilines is 1. The van der Waals surface area contributed by atoms with Gasteiger partial charge in [-0.3, -0.25) is 9.59 Å². The summed E-state index contributed by atoms with van der Waals surface area (Å²) in [6, 6.07) is 7.58. The molecule has 0 aliphatic carbocycles. The van der Waals surface area contributed by atoms with Gasteiger partial charge in [-0.05, 0) is 49.1 Å². The van der Waals surface area contributed by atoms with Crippen molar-refractivity contribution in [3.8, 4) is 5.88 Å². The van der Waals surface area contributed by atoms with Crippen LogP contribution in [0.1, 0.15) is 35.0 Å². The molecule has 2 aromatic rings. The molecule has 7 nitrogen and oxygen atoms in total. The highest BCUT2D eigenvalue weighted by Gasteiger charge is 2.32. The molecule has 32 heavy (non-hydrogen) atoms. The van der Waals surface area contributed by atoms with Crippen LogP contribution in [0.25, 0.3) is 0 Å². The van der Waals surface area contributed by atoms with Crippen LogP contribution in [0.3, 0.4) is 0 Å². The zero-order valence-electron chi connectivity index (χ0n) is 17.8. The first-order valence-corrected chi connectivity index (χ1v) is 11.1. The molecule has 1 N–H and O–H groups in total. The molecule has 0 saturated carbocycles. The molecular formula is C23H25ClFN3O4. The summed E-state index contributed by atoms with van der Waals surface area (Å²) in [5, 5.41) is 2.94. The first kappa shape index (κ1) is 22.5. The Kier molecular flexibility index (Phi) is 6.91. The van der Waals surface area contributed by atoms with Crippen molar-refractivity contribution in [2.24, 2.45) is 5.92 Å². The summed E-state index contributed by atoms with van der Waals surface area (Å²) in [5.74, 6) is -0.617. The van der Waals surface area contributed by atoms with Crippen LogP contribution in [-0.2, 0) is 16.0 Å². The number of alkyl halides is 1. The van der Waals surface area contributed by atoms with E-state index in [2.05, 4.69) is 10.3 Å². The maximum atomic E-state index is 13.4. The molecule has 0 bridgehead atoms. The first-order valence-electron chi connectivity index (χ1n) is 10.6. The smallest absolute Gasteiger partial charge is 0.270 e. The fraction of sp³-hybridized carbons (Fsp3) is 0.435. The predicted octanol–water partition coefficient (Wildman–Crippen LogP) is 2.93. The lowest BCUT2D eigenvalue weighted by atomic mass is 10.0. The number of benzene rings is 1. The second-order valence-electron chi connectivity index (χ2n) is 8.12. The number of aromatic nitrogens is 1. The maximum Gasteiger partial charge on any atom is 0.270 e. The van der Waals surface area contributed by atoms with Crippen molar-refractivity contribution < 1.29 is 23.5 Å². The number of pyridine rings is 1. The molecule has 1 saturated heterocycles. The minimum Gasteiger partial charge on any atom is -0.474 e. The molecule has 9 heteroatoms. The van der Waals surface area contributed by atoms with E-state index in [0.717, 1.165) is 12.0 Å². The minimum atomic E-state index is -0.338. The number of halogens is 2. The molecule has 1 aromatic carbocycles. The zero-order chi connectivity index (χ0) is 22.7. The van der Waals surface area contributed by atoms with Gasteiger partial charge in [0, 0.05) is 19.1 Å². The molecule has 2 amide bonds. The van der Waals surface area contributed by atoms with E-state index >= 15 is 0 Å². The van der Waals surface area contributed by atoms with Crippen LogP contribution in [0, 0.1) is 11.7 Å². The van der Waals surface area contributed by atoms with E-state index in [9.17, 15) is 14.0 Å². The summed E-state index contributed by atoms with van der Waals surface area (Å²) >= 11 is 5.82. The highest BCUT2D eigenvalue weighted by atomic mass is 35.5. The summed E-state index contributed by atoms with van der Waals surface area (Å²) < 4.78 is 24.5. The van der Waals surface area contributed by atoms with E-state index in [1.165, 1.54) is 12.1 Å². The Morgan fingerprint density at radius 3 is 2.75 bits per heavy atom. The van der Waals surface area contributed by atoms with Crippen LogP contribution in [0.2, 0.25) is 0 Å². The molecule has 2 aliphatic heterocycles. The van der Waals surface area contributed by atoms with Gasteiger partial charge in [-0.1, -0.05) is 12.1 Å². The number of nitrogens with one attached hydrogen (secondary N) is 1. The van der Waals surface area contributed by atoms with Gasteiger partial charge in [-0.15, -0.1) is 11.6 Å². The predicted molar refractivity (Wildman–Crippen MR) is 118 cm³/mol. The fourth-order valence-corrected chi connectivity index (χ4v) is 4.11. The molecule has 1 fully saturated rings. The van der Waals surface area contributed by atoms with Gasteiger partial charge in [0.15, 0.2) is 0 Å². The molecule has 2 atom stereocenters. The molecular weight excluding hydrogens is 437 g/mol. The minimum absolute atomic E-state index is 0.178. The van der Waals surface area contributed by atoms with Crippen LogP contribution >= 0.6 is 11.6 Å². The Balaban J connectivity index is 1.69. The lowest BCUT2D eigenvalue weighted by molar-refractivity contribution is -0.117. The van der Waals surface area contributed by atoms with Crippen LogP contribution in [0.4, 0.5) is 10.1 Å². The molecule has 4 rings (SSSR count). The van der Waals surface area contributed by atoms with Crippen LogP contribution < -0.4 is 15.0 Å². The Labute approximate surface area is 190 Å². The number of fused-ring (bicyclic) bond motifs is 1. The quantitative estimate of drug-likeness (QED) is 0.669. The van der Waals surface area contributed by atoms with Gasteiger partial charge < -0.3 is 19.7 Å². The van der Waals surface area contributed by atoms with E-state index < -0.39 is 0 Å². The topological polar surface area (TPSA) is 80.8 Å². The lowest BCUT2D eigenvalue weighted by Gasteiger charge is -2.34. The maximum absolute atomic E-state index is 13.4. The third-order valence-electron chi connectivity index (χ3n) is 5.69. The van der Waals surface area contributed by atoms with E-state index in [4.69, 9.17) is 21.1 Å². The highest BCUT2D eigenvalue weighted by Crippen LogP contribution is 2.35. The summed E-state index contributed by atoms with van der Waals surface area (Å²) in [6.45, 7) is 3.92. The molecule has 3 heterocycles. The van der Waals surface area contributed by atoms with Crippen LogP contribution in [0.5, 0.6) is 5.88 Å². The van der Waals surface area contributed by atoms with Gasteiger partial charge in [0.05, 0.1) is 12.6 Å².